The number of morpholine rings is 2. The highest BCUT2D eigenvalue weighted by molar-refractivity contribution is 7.19. The van der Waals surface area contributed by atoms with Crippen molar-refractivity contribution in [1.29, 1.82) is 0 Å². The Morgan fingerprint density at radius 1 is 1.11 bits per heavy atom. The number of amides is 1. The molecule has 2 fully saturated rings. The third-order valence-electron chi connectivity index (χ3n) is 5.11. The normalized spacial score (nSPS) is 20.5. The van der Waals surface area contributed by atoms with Gasteiger partial charge in [-0.15, -0.1) is 11.3 Å². The third kappa shape index (κ3) is 3.43. The van der Waals surface area contributed by atoms with E-state index < -0.39 is 0 Å². The summed E-state index contributed by atoms with van der Waals surface area (Å²) in [5.41, 5.74) is 1.81. The van der Waals surface area contributed by atoms with E-state index in [0.717, 1.165) is 47.9 Å². The van der Waals surface area contributed by atoms with Crippen molar-refractivity contribution in [2.45, 2.75) is 6.54 Å². The summed E-state index contributed by atoms with van der Waals surface area (Å²) in [6.45, 7) is 5.91. The number of anilines is 1. The first-order valence-corrected chi connectivity index (χ1v) is 10.5. The average molecular weight is 422 g/mol. The van der Waals surface area contributed by atoms with Gasteiger partial charge in [0.05, 0.1) is 42.3 Å². The fourth-order valence-electron chi connectivity index (χ4n) is 3.77. The maximum absolute atomic E-state index is 11.9. The summed E-state index contributed by atoms with van der Waals surface area (Å²) < 4.78 is 11.9. The first kappa shape index (κ1) is 18.1. The molecule has 0 spiro atoms. The van der Waals surface area contributed by atoms with Crippen molar-refractivity contribution < 1.29 is 14.3 Å². The summed E-state index contributed by atoms with van der Waals surface area (Å²) in [5.74, 6) is 0.933. The van der Waals surface area contributed by atoms with Crippen molar-refractivity contribution in [2.24, 2.45) is 0 Å². The Labute approximate surface area is 171 Å². The number of carbonyl (C=O) groups is 1. The molecule has 3 aliphatic rings. The molecule has 10 heteroatoms. The van der Waals surface area contributed by atoms with Gasteiger partial charge in [0, 0.05) is 37.3 Å². The minimum Gasteiger partial charge on any atom is -0.378 e. The van der Waals surface area contributed by atoms with E-state index in [0.29, 0.717) is 26.4 Å². The molecule has 2 saturated heterocycles. The zero-order valence-electron chi connectivity index (χ0n) is 15.3. The lowest BCUT2D eigenvalue weighted by Gasteiger charge is -2.37. The van der Waals surface area contributed by atoms with Crippen LogP contribution in [0.2, 0.25) is 5.28 Å². The summed E-state index contributed by atoms with van der Waals surface area (Å²) in [5, 5.41) is 0.270. The number of fused-ring (bicyclic) bond motifs is 2. The highest BCUT2D eigenvalue weighted by Gasteiger charge is 2.28. The summed E-state index contributed by atoms with van der Waals surface area (Å²) in [6.07, 6.45) is 2.03. The van der Waals surface area contributed by atoms with Gasteiger partial charge >= 0.3 is 0 Å². The van der Waals surface area contributed by atoms with Crippen molar-refractivity contribution in [1.82, 2.24) is 19.8 Å². The number of rotatable bonds is 3. The monoisotopic (exact) mass is 421 g/mol. The van der Waals surface area contributed by atoms with E-state index in [-0.39, 0.29) is 17.8 Å². The van der Waals surface area contributed by atoms with Crippen LogP contribution in [0.5, 0.6) is 0 Å². The zero-order valence-corrected chi connectivity index (χ0v) is 16.8. The number of hydrogen-bond acceptors (Lipinski definition) is 8. The third-order valence-corrected chi connectivity index (χ3v) is 6.39. The maximum atomic E-state index is 11.9. The van der Waals surface area contributed by atoms with Crippen molar-refractivity contribution in [2.75, 3.05) is 57.5 Å². The van der Waals surface area contributed by atoms with Gasteiger partial charge in [-0.2, -0.15) is 4.98 Å². The molecule has 8 nitrogen and oxygen atoms in total. The number of hydrogen-bond donors (Lipinski definition) is 0. The van der Waals surface area contributed by atoms with Crippen molar-refractivity contribution in [3.8, 4) is 0 Å². The molecule has 0 saturated carbocycles. The molecule has 3 aliphatic heterocycles. The van der Waals surface area contributed by atoms with Crippen LogP contribution in [0, 0.1) is 0 Å². The molecule has 0 aliphatic carbocycles. The number of ether oxygens (including phenoxy) is 2. The zero-order chi connectivity index (χ0) is 19.1. The van der Waals surface area contributed by atoms with Crippen LogP contribution in [0.15, 0.2) is 18.0 Å². The Kier molecular flexibility index (Phi) is 4.83. The Bertz CT molecular complexity index is 943. The molecule has 0 radical (unpaired) electrons. The highest BCUT2D eigenvalue weighted by Crippen LogP contribution is 2.34. The number of carbonyl (C=O) groups excluding carboxylic acids is 1. The lowest BCUT2D eigenvalue weighted by atomic mass is 10.2. The van der Waals surface area contributed by atoms with Crippen molar-refractivity contribution in [3.63, 3.8) is 0 Å². The van der Waals surface area contributed by atoms with E-state index in [4.69, 9.17) is 21.1 Å². The van der Waals surface area contributed by atoms with Gasteiger partial charge in [-0.1, -0.05) is 0 Å². The van der Waals surface area contributed by atoms with Crippen molar-refractivity contribution >= 4 is 44.9 Å². The van der Waals surface area contributed by atoms with Crippen LogP contribution in [-0.2, 0) is 20.8 Å². The molecule has 0 N–H and O–H groups in total. The second-order valence-corrected chi connectivity index (χ2v) is 8.45. The number of halogens is 1. The summed E-state index contributed by atoms with van der Waals surface area (Å²) in [4.78, 5) is 28.3. The maximum Gasteiger partial charge on any atom is 0.252 e. The van der Waals surface area contributed by atoms with E-state index in [1.165, 1.54) is 4.88 Å². The number of aromatic nitrogens is 2. The molecule has 0 atom stereocenters. The van der Waals surface area contributed by atoms with Gasteiger partial charge in [0.15, 0.2) is 5.82 Å². The number of thiophene rings is 1. The van der Waals surface area contributed by atoms with Gasteiger partial charge in [0.1, 0.15) is 6.61 Å². The van der Waals surface area contributed by atoms with Gasteiger partial charge in [0.25, 0.3) is 5.91 Å². The molecule has 28 heavy (non-hydrogen) atoms. The van der Waals surface area contributed by atoms with Crippen LogP contribution < -0.4 is 4.90 Å². The van der Waals surface area contributed by atoms with Gasteiger partial charge in [-0.25, -0.2) is 4.98 Å². The first-order chi connectivity index (χ1) is 13.7. The smallest absolute Gasteiger partial charge is 0.252 e. The molecule has 0 bridgehead atoms. The van der Waals surface area contributed by atoms with Crippen molar-refractivity contribution in [3.05, 3.63) is 28.1 Å². The van der Waals surface area contributed by atoms with E-state index in [9.17, 15) is 4.79 Å². The lowest BCUT2D eigenvalue weighted by Crippen LogP contribution is -2.47. The average Bonchev–Trinajstić information content (AvgIpc) is 3.10. The van der Waals surface area contributed by atoms with E-state index in [2.05, 4.69) is 25.8 Å². The van der Waals surface area contributed by atoms with Crippen LogP contribution in [0.1, 0.15) is 4.88 Å². The van der Waals surface area contributed by atoms with Crippen LogP contribution >= 0.6 is 22.9 Å². The van der Waals surface area contributed by atoms with E-state index in [1.54, 1.807) is 11.3 Å². The minimum absolute atomic E-state index is 0.0408. The summed E-state index contributed by atoms with van der Waals surface area (Å²) in [6, 6.07) is 2.09. The largest absolute Gasteiger partial charge is 0.378 e. The van der Waals surface area contributed by atoms with Gasteiger partial charge < -0.3 is 24.2 Å². The molecule has 2 aromatic rings. The predicted molar refractivity (Wildman–Crippen MR) is 106 cm³/mol. The first-order valence-electron chi connectivity index (χ1n) is 9.29. The molecule has 148 valence electrons. The fourth-order valence-corrected chi connectivity index (χ4v) is 5.08. The van der Waals surface area contributed by atoms with Crippen LogP contribution in [-0.4, -0.2) is 78.3 Å². The lowest BCUT2D eigenvalue weighted by molar-refractivity contribution is -0.139. The molecule has 0 unspecified atom stereocenters. The highest BCUT2D eigenvalue weighted by atomic mass is 35.5. The molecule has 0 aromatic carbocycles. The number of nitrogens with zero attached hydrogens (tertiary/aromatic N) is 5. The topological polar surface area (TPSA) is 71.0 Å². The predicted octanol–water partition coefficient (Wildman–Crippen LogP) is 1.70. The minimum atomic E-state index is 0.0408. The SMILES string of the molecule is O=C1COCC2=CN(Cc3cc4nc(Cl)nc(N5CCOCC5)c4s3)CCN12. The van der Waals surface area contributed by atoms with E-state index >= 15 is 0 Å². The Hall–Kier alpha value is -1.94. The van der Waals surface area contributed by atoms with Crippen LogP contribution in [0.25, 0.3) is 10.2 Å². The van der Waals surface area contributed by atoms with Gasteiger partial charge in [-0.05, 0) is 17.7 Å². The van der Waals surface area contributed by atoms with Crippen LogP contribution in [0.3, 0.4) is 0 Å². The molecule has 2 aromatic heterocycles. The summed E-state index contributed by atoms with van der Waals surface area (Å²) in [7, 11) is 0. The van der Waals surface area contributed by atoms with Crippen LogP contribution in [0.4, 0.5) is 5.82 Å². The quantitative estimate of drug-likeness (QED) is 0.698. The molecular formula is C18H20ClN5O3S. The molecule has 5 heterocycles. The second kappa shape index (κ2) is 7.47. The van der Waals surface area contributed by atoms with E-state index in [1.807, 2.05) is 11.1 Å². The van der Waals surface area contributed by atoms with Gasteiger partial charge in [-0.3, -0.25) is 4.79 Å². The Morgan fingerprint density at radius 3 is 2.82 bits per heavy atom. The molecule has 5 rings (SSSR count). The molecule has 1 amide bonds. The Morgan fingerprint density at radius 2 is 1.96 bits per heavy atom. The standard InChI is InChI=1S/C18H20ClN5O3S/c19-18-20-14-7-13(28-16(14)17(21-18)23-3-5-26-6-4-23)9-22-1-2-24-12(8-22)10-27-11-15(24)25/h7-8H,1-6,9-11H2. The summed E-state index contributed by atoms with van der Waals surface area (Å²) >= 11 is 7.89. The second-order valence-electron chi connectivity index (χ2n) is 6.97. The fraction of sp³-hybridized carbons (Fsp3) is 0.500. The van der Waals surface area contributed by atoms with Gasteiger partial charge in [0.2, 0.25) is 5.28 Å². The Balaban J connectivity index is 1.41. The molecular weight excluding hydrogens is 402 g/mol.